The van der Waals surface area contributed by atoms with Crippen LogP contribution in [0.2, 0.25) is 0 Å². The lowest BCUT2D eigenvalue weighted by Gasteiger charge is -2.15. The van der Waals surface area contributed by atoms with Gasteiger partial charge in [0.2, 0.25) is 0 Å². The Labute approximate surface area is 116 Å². The summed E-state index contributed by atoms with van der Waals surface area (Å²) < 4.78 is 9.28. The Bertz CT molecular complexity index is 252. The third-order valence-corrected chi connectivity index (χ3v) is 1.76. The van der Waals surface area contributed by atoms with Gasteiger partial charge in [0.15, 0.2) is 12.2 Å². The van der Waals surface area contributed by atoms with Gasteiger partial charge in [0.25, 0.3) is 0 Å². The van der Waals surface area contributed by atoms with E-state index in [2.05, 4.69) is 9.47 Å². The number of aliphatic hydroxyl groups is 3. The van der Waals surface area contributed by atoms with Crippen LogP contribution in [0.25, 0.3) is 0 Å². The predicted octanol–water partition coefficient (Wildman–Crippen LogP) is -1.70. The molecule has 0 saturated heterocycles. The molecule has 2 unspecified atom stereocenters. The molecule has 0 aliphatic carbocycles. The Morgan fingerprint density at radius 3 is 1.80 bits per heavy atom. The molecule has 0 radical (unpaired) electrons. The number of carboxylic acids is 2. The van der Waals surface area contributed by atoms with Crippen molar-refractivity contribution < 1.29 is 44.6 Å². The van der Waals surface area contributed by atoms with Crippen molar-refractivity contribution in [2.75, 3.05) is 33.0 Å². The molecule has 20 heavy (non-hydrogen) atoms. The van der Waals surface area contributed by atoms with Gasteiger partial charge in [-0.1, -0.05) is 6.92 Å². The average Bonchev–Trinajstić information content (AvgIpc) is 2.40. The third-order valence-electron chi connectivity index (χ3n) is 1.76. The quantitative estimate of drug-likeness (QED) is 0.297. The summed E-state index contributed by atoms with van der Waals surface area (Å²) in [5, 5.41) is 41.8. The van der Waals surface area contributed by atoms with Gasteiger partial charge in [-0.2, -0.15) is 0 Å². The first-order valence-electron chi connectivity index (χ1n) is 5.97. The molecule has 0 aliphatic heterocycles. The standard InChI is InChI=1S/C7H12O6.C4H10O3/c1-2-3-13-5(7(11)12)4(8)6(9)10;5-1-3-7-4-2-6/h4-5,8H,2-3H2,1H3,(H,9,10)(H,11,12);5-6H,1-4H2. The van der Waals surface area contributed by atoms with E-state index < -0.39 is 24.1 Å². The van der Waals surface area contributed by atoms with E-state index in [9.17, 15) is 9.59 Å². The Kier molecular flexibility index (Phi) is 14.9. The van der Waals surface area contributed by atoms with E-state index in [-0.39, 0.29) is 19.8 Å². The maximum absolute atomic E-state index is 10.4. The summed E-state index contributed by atoms with van der Waals surface area (Å²) in [4.78, 5) is 20.6. The van der Waals surface area contributed by atoms with E-state index in [1.54, 1.807) is 6.92 Å². The predicted molar refractivity (Wildman–Crippen MR) is 66.3 cm³/mol. The van der Waals surface area contributed by atoms with E-state index in [0.29, 0.717) is 19.6 Å². The molecule has 0 bridgehead atoms. The van der Waals surface area contributed by atoms with Crippen LogP contribution in [-0.2, 0) is 19.1 Å². The first-order chi connectivity index (χ1) is 9.42. The lowest BCUT2D eigenvalue weighted by molar-refractivity contribution is -0.171. The highest BCUT2D eigenvalue weighted by molar-refractivity contribution is 5.83. The van der Waals surface area contributed by atoms with Crippen LogP contribution in [0.1, 0.15) is 13.3 Å². The largest absolute Gasteiger partial charge is 0.479 e. The van der Waals surface area contributed by atoms with E-state index in [1.807, 2.05) is 0 Å². The number of rotatable bonds is 10. The third kappa shape index (κ3) is 11.8. The van der Waals surface area contributed by atoms with Gasteiger partial charge in [-0.05, 0) is 6.42 Å². The zero-order chi connectivity index (χ0) is 16.0. The van der Waals surface area contributed by atoms with Crippen LogP contribution in [0, 0.1) is 0 Å². The van der Waals surface area contributed by atoms with Crippen molar-refractivity contribution >= 4 is 11.9 Å². The summed E-state index contributed by atoms with van der Waals surface area (Å²) in [5.41, 5.74) is 0. The SMILES string of the molecule is CCCOC(C(=O)O)C(O)C(=O)O.OCCOCCO. The van der Waals surface area contributed by atoms with E-state index in [4.69, 9.17) is 25.5 Å². The molecule has 0 heterocycles. The van der Waals surface area contributed by atoms with Gasteiger partial charge in [-0.3, -0.25) is 0 Å². The van der Waals surface area contributed by atoms with Gasteiger partial charge >= 0.3 is 11.9 Å². The second kappa shape index (κ2) is 14.2. The first-order valence-corrected chi connectivity index (χ1v) is 5.97. The second-order valence-electron chi connectivity index (χ2n) is 3.47. The highest BCUT2D eigenvalue weighted by Crippen LogP contribution is 2.01. The van der Waals surface area contributed by atoms with Crippen LogP contribution >= 0.6 is 0 Å². The fourth-order valence-electron chi connectivity index (χ4n) is 0.903. The Morgan fingerprint density at radius 2 is 1.50 bits per heavy atom. The maximum Gasteiger partial charge on any atom is 0.336 e. The Balaban J connectivity index is 0. The molecule has 0 fully saturated rings. The molecule has 120 valence electrons. The van der Waals surface area contributed by atoms with Gasteiger partial charge in [-0.25, -0.2) is 9.59 Å². The van der Waals surface area contributed by atoms with E-state index in [1.165, 1.54) is 0 Å². The molecule has 0 amide bonds. The van der Waals surface area contributed by atoms with Crippen molar-refractivity contribution in [1.29, 1.82) is 0 Å². The van der Waals surface area contributed by atoms with Crippen LogP contribution in [0.4, 0.5) is 0 Å². The summed E-state index contributed by atoms with van der Waals surface area (Å²) >= 11 is 0. The summed E-state index contributed by atoms with van der Waals surface area (Å²) in [7, 11) is 0. The molecular weight excluding hydrogens is 276 g/mol. The normalized spacial score (nSPS) is 13.0. The maximum atomic E-state index is 10.4. The fraction of sp³-hybridized carbons (Fsp3) is 0.818. The van der Waals surface area contributed by atoms with Crippen LogP contribution in [0.5, 0.6) is 0 Å². The lowest BCUT2D eigenvalue weighted by Crippen LogP contribution is -2.41. The number of carbonyl (C=O) groups is 2. The van der Waals surface area contributed by atoms with Crippen molar-refractivity contribution in [1.82, 2.24) is 0 Å². The highest BCUT2D eigenvalue weighted by Gasteiger charge is 2.32. The minimum Gasteiger partial charge on any atom is -0.479 e. The van der Waals surface area contributed by atoms with Crippen molar-refractivity contribution in [3.63, 3.8) is 0 Å². The smallest absolute Gasteiger partial charge is 0.336 e. The minimum absolute atomic E-state index is 0.0278. The monoisotopic (exact) mass is 298 g/mol. The molecule has 0 aromatic rings. The molecule has 5 N–H and O–H groups in total. The molecule has 0 aliphatic rings. The number of aliphatic hydroxyl groups excluding tert-OH is 3. The zero-order valence-electron chi connectivity index (χ0n) is 11.3. The molecule has 0 spiro atoms. The molecule has 9 nitrogen and oxygen atoms in total. The summed E-state index contributed by atoms with van der Waals surface area (Å²) in [6.07, 6.45) is -3.17. The van der Waals surface area contributed by atoms with Crippen LogP contribution < -0.4 is 0 Å². The highest BCUT2D eigenvalue weighted by atomic mass is 16.5. The van der Waals surface area contributed by atoms with Gasteiger partial charge in [0, 0.05) is 6.61 Å². The lowest BCUT2D eigenvalue weighted by atomic mass is 10.2. The summed E-state index contributed by atoms with van der Waals surface area (Å²) in [5.74, 6) is -3.09. The molecule has 0 aromatic carbocycles. The molecule has 0 aromatic heterocycles. The first kappa shape index (κ1) is 21.0. The number of ether oxygens (including phenoxy) is 2. The van der Waals surface area contributed by atoms with Crippen LogP contribution in [0.3, 0.4) is 0 Å². The Morgan fingerprint density at radius 1 is 1.00 bits per heavy atom. The van der Waals surface area contributed by atoms with Gasteiger partial charge < -0.3 is 35.0 Å². The van der Waals surface area contributed by atoms with Gasteiger partial charge in [-0.15, -0.1) is 0 Å². The van der Waals surface area contributed by atoms with Crippen molar-refractivity contribution in [2.45, 2.75) is 25.6 Å². The number of hydrogen-bond donors (Lipinski definition) is 5. The molecular formula is C11H22O9. The average molecular weight is 298 g/mol. The minimum atomic E-state index is -2.02. The van der Waals surface area contributed by atoms with Gasteiger partial charge in [0.1, 0.15) is 0 Å². The van der Waals surface area contributed by atoms with Crippen molar-refractivity contribution in [2.24, 2.45) is 0 Å². The second-order valence-corrected chi connectivity index (χ2v) is 3.47. The van der Waals surface area contributed by atoms with Crippen molar-refractivity contribution in [3.05, 3.63) is 0 Å². The topological polar surface area (TPSA) is 154 Å². The molecule has 0 saturated carbocycles. The van der Waals surface area contributed by atoms with Crippen LogP contribution in [0.15, 0.2) is 0 Å². The Hall–Kier alpha value is -1.26. The molecule has 9 heteroatoms. The van der Waals surface area contributed by atoms with Gasteiger partial charge in [0.05, 0.1) is 26.4 Å². The number of aliphatic carboxylic acids is 2. The summed E-state index contributed by atoms with van der Waals surface area (Å²) in [6, 6.07) is 0. The number of hydrogen-bond acceptors (Lipinski definition) is 7. The fourth-order valence-corrected chi connectivity index (χ4v) is 0.903. The summed E-state index contributed by atoms with van der Waals surface area (Å²) in [6.45, 7) is 2.54. The molecule has 2 atom stereocenters. The van der Waals surface area contributed by atoms with Crippen LogP contribution in [-0.4, -0.2) is 82.7 Å². The molecule has 0 rings (SSSR count). The van der Waals surface area contributed by atoms with E-state index in [0.717, 1.165) is 0 Å². The van der Waals surface area contributed by atoms with Crippen molar-refractivity contribution in [3.8, 4) is 0 Å². The zero-order valence-corrected chi connectivity index (χ0v) is 11.3. The number of carboxylic acid groups (broad SMARTS) is 2. The van der Waals surface area contributed by atoms with E-state index >= 15 is 0 Å².